The van der Waals surface area contributed by atoms with E-state index < -0.39 is 0 Å². The molecule has 4 saturated carbocycles. The molecule has 8 rings (SSSR count). The van der Waals surface area contributed by atoms with E-state index in [1.165, 1.54) is 44.1 Å². The van der Waals surface area contributed by atoms with Crippen LogP contribution < -0.4 is 0 Å². The lowest BCUT2D eigenvalue weighted by Gasteiger charge is -2.56. The van der Waals surface area contributed by atoms with E-state index in [0.29, 0.717) is 31.8 Å². The first-order chi connectivity index (χ1) is 26.2. The Bertz CT molecular complexity index is 1420. The van der Waals surface area contributed by atoms with Crippen molar-refractivity contribution in [3.05, 3.63) is 108 Å². The van der Waals surface area contributed by atoms with Crippen molar-refractivity contribution in [2.45, 2.75) is 122 Å². The molecule has 0 amide bonds. The monoisotopic (exact) mass is 723 g/mol. The number of benzene rings is 3. The van der Waals surface area contributed by atoms with Crippen LogP contribution in [0.1, 0.15) is 94.2 Å². The van der Waals surface area contributed by atoms with Crippen molar-refractivity contribution in [1.82, 2.24) is 4.90 Å². The molecular formula is C47H65NO5. The average Bonchev–Trinajstić information content (AvgIpc) is 3.18. The third-order valence-corrected chi connectivity index (χ3v) is 12.6. The maximum absolute atomic E-state index is 6.94. The van der Waals surface area contributed by atoms with E-state index in [4.69, 9.17) is 23.7 Å². The summed E-state index contributed by atoms with van der Waals surface area (Å²) in [4.78, 5) is 2.56. The number of hydrogen-bond donors (Lipinski definition) is 0. The summed E-state index contributed by atoms with van der Waals surface area (Å²) in [7, 11) is 0. The molecule has 4 aliphatic carbocycles. The maximum atomic E-state index is 6.94. The van der Waals surface area contributed by atoms with Gasteiger partial charge in [-0.2, -0.15) is 0 Å². The highest BCUT2D eigenvalue weighted by molar-refractivity contribution is 5.16. The van der Waals surface area contributed by atoms with Crippen LogP contribution in [0.3, 0.4) is 0 Å². The van der Waals surface area contributed by atoms with Crippen molar-refractivity contribution in [1.29, 1.82) is 0 Å². The Hall–Kier alpha value is -2.58. The Balaban J connectivity index is 0.966. The van der Waals surface area contributed by atoms with Crippen LogP contribution >= 0.6 is 0 Å². The molecule has 0 N–H and O–H groups in total. The average molecular weight is 724 g/mol. The third kappa shape index (κ3) is 11.0. The third-order valence-electron chi connectivity index (χ3n) is 12.6. The Labute approximate surface area is 319 Å². The van der Waals surface area contributed by atoms with Crippen molar-refractivity contribution in [2.75, 3.05) is 39.5 Å². The van der Waals surface area contributed by atoms with Gasteiger partial charge in [0.05, 0.1) is 45.2 Å². The SMILES string of the molecule is CCCCN1C[C@H](OCc2ccccc2)[C@@H](OCc2ccccc2)[C@H](OCc2ccccc2)[C@H]1COCCCCCOCC12CC3CC(CC(C3)C1)C2. The number of piperidine rings is 1. The lowest BCUT2D eigenvalue weighted by molar-refractivity contribution is -0.210. The Morgan fingerprint density at radius 1 is 0.585 bits per heavy atom. The van der Waals surface area contributed by atoms with Gasteiger partial charge in [0.2, 0.25) is 0 Å². The van der Waals surface area contributed by atoms with E-state index >= 15 is 0 Å². The fourth-order valence-corrected chi connectivity index (χ4v) is 10.3. The zero-order valence-electron chi connectivity index (χ0n) is 32.3. The minimum absolute atomic E-state index is 0.0613. The van der Waals surface area contributed by atoms with E-state index in [0.717, 1.165) is 93.9 Å². The van der Waals surface area contributed by atoms with E-state index in [-0.39, 0.29) is 24.4 Å². The van der Waals surface area contributed by atoms with Crippen molar-refractivity contribution in [3.63, 3.8) is 0 Å². The molecule has 0 spiro atoms. The molecule has 0 radical (unpaired) electrons. The van der Waals surface area contributed by atoms with Crippen molar-refractivity contribution in [2.24, 2.45) is 23.2 Å². The first-order valence-corrected chi connectivity index (χ1v) is 21.0. The molecule has 0 aromatic heterocycles. The second-order valence-electron chi connectivity index (χ2n) is 16.9. The van der Waals surface area contributed by atoms with Crippen LogP contribution in [0.25, 0.3) is 0 Å². The standard InChI is InChI=1S/C47H65NO5/c1-2-3-22-48-31-44(51-32-37-16-8-4-9-17-37)46(53-34-39-20-12-6-13-21-39)45(52-33-38-18-10-5-11-19-38)43(48)35-49-23-14-7-15-24-50-36-47-28-40-25-41(29-47)27-42(26-40)30-47/h4-6,8-13,16-21,40-46H,2-3,7,14-15,22-36H2,1H3/t40?,41?,42?,43-,44+,45-,46-,47?/m1/s1. The van der Waals surface area contributed by atoms with Crippen molar-refractivity contribution < 1.29 is 23.7 Å². The zero-order valence-corrected chi connectivity index (χ0v) is 32.3. The zero-order chi connectivity index (χ0) is 36.1. The smallest absolute Gasteiger partial charge is 0.113 e. The summed E-state index contributed by atoms with van der Waals surface area (Å²) < 4.78 is 33.5. The second kappa shape index (κ2) is 19.8. The highest BCUT2D eigenvalue weighted by atomic mass is 16.6. The highest BCUT2D eigenvalue weighted by Crippen LogP contribution is 2.60. The van der Waals surface area contributed by atoms with Gasteiger partial charge in [-0.05, 0) is 111 Å². The molecule has 4 atom stereocenters. The minimum atomic E-state index is -0.250. The molecular weight excluding hydrogens is 659 g/mol. The number of nitrogens with zero attached hydrogens (tertiary/aromatic N) is 1. The van der Waals surface area contributed by atoms with Crippen LogP contribution in [0.15, 0.2) is 91.0 Å². The van der Waals surface area contributed by atoms with Crippen LogP contribution in [-0.4, -0.2) is 68.8 Å². The minimum Gasteiger partial charge on any atom is -0.381 e. The fraction of sp³-hybridized carbons (Fsp3) is 0.617. The van der Waals surface area contributed by atoms with Crippen molar-refractivity contribution >= 4 is 0 Å². The van der Waals surface area contributed by atoms with E-state index in [1.807, 2.05) is 0 Å². The summed E-state index contributed by atoms with van der Waals surface area (Å²) in [6.45, 7) is 8.84. The van der Waals surface area contributed by atoms with Gasteiger partial charge >= 0.3 is 0 Å². The summed E-state index contributed by atoms with van der Waals surface area (Å²) in [5.74, 6) is 2.97. The van der Waals surface area contributed by atoms with E-state index in [1.54, 1.807) is 0 Å². The molecule has 0 unspecified atom stereocenters. The van der Waals surface area contributed by atoms with Gasteiger partial charge in [-0.1, -0.05) is 104 Å². The highest BCUT2D eigenvalue weighted by Gasteiger charge is 2.51. The molecule has 53 heavy (non-hydrogen) atoms. The van der Waals surface area contributed by atoms with Gasteiger partial charge in [0.1, 0.15) is 12.2 Å². The van der Waals surface area contributed by atoms with Crippen molar-refractivity contribution in [3.8, 4) is 0 Å². The number of ether oxygens (including phenoxy) is 5. The molecule has 1 aliphatic heterocycles. The van der Waals surface area contributed by atoms with E-state index in [2.05, 4.69) is 103 Å². The number of likely N-dealkylation sites (tertiary alicyclic amines) is 1. The molecule has 1 saturated heterocycles. The summed E-state index contributed by atoms with van der Waals surface area (Å²) >= 11 is 0. The molecule has 5 aliphatic rings. The molecule has 3 aromatic carbocycles. The lowest BCUT2D eigenvalue weighted by Crippen LogP contribution is -2.64. The summed E-state index contributed by atoms with van der Waals surface area (Å²) in [5, 5.41) is 0. The van der Waals surface area contributed by atoms with Gasteiger partial charge in [0.25, 0.3) is 0 Å². The normalized spacial score (nSPS) is 29.5. The molecule has 5 fully saturated rings. The predicted octanol–water partition coefficient (Wildman–Crippen LogP) is 9.65. The Morgan fingerprint density at radius 2 is 1.09 bits per heavy atom. The molecule has 6 heteroatoms. The first kappa shape index (κ1) is 38.7. The van der Waals surface area contributed by atoms with E-state index in [9.17, 15) is 0 Å². The number of rotatable bonds is 22. The first-order valence-electron chi connectivity index (χ1n) is 21.0. The number of unbranched alkanes of at least 4 members (excludes halogenated alkanes) is 3. The quantitative estimate of drug-likeness (QED) is 0.0963. The lowest BCUT2D eigenvalue weighted by atomic mass is 9.50. The van der Waals surface area contributed by atoms with Crippen LogP contribution in [0.4, 0.5) is 0 Å². The fourth-order valence-electron chi connectivity index (χ4n) is 10.3. The van der Waals surface area contributed by atoms with Gasteiger partial charge in [-0.25, -0.2) is 0 Å². The number of hydrogen-bond acceptors (Lipinski definition) is 6. The topological polar surface area (TPSA) is 49.4 Å². The summed E-state index contributed by atoms with van der Waals surface area (Å²) in [6.07, 6.45) is 13.7. The second-order valence-corrected chi connectivity index (χ2v) is 16.9. The molecule has 1 heterocycles. The van der Waals surface area contributed by atoms with Gasteiger partial charge in [0.15, 0.2) is 0 Å². The maximum Gasteiger partial charge on any atom is 0.113 e. The Morgan fingerprint density at radius 3 is 1.64 bits per heavy atom. The van der Waals surface area contributed by atoms with Crippen LogP contribution in [-0.2, 0) is 43.5 Å². The van der Waals surface area contributed by atoms with Gasteiger partial charge in [0, 0.05) is 19.8 Å². The summed E-state index contributed by atoms with van der Waals surface area (Å²) in [6, 6.07) is 31.5. The predicted molar refractivity (Wildman–Crippen MR) is 211 cm³/mol. The largest absolute Gasteiger partial charge is 0.381 e. The van der Waals surface area contributed by atoms with Crippen LogP contribution in [0.2, 0.25) is 0 Å². The van der Waals surface area contributed by atoms with Crippen LogP contribution in [0.5, 0.6) is 0 Å². The molecule has 6 nitrogen and oxygen atoms in total. The van der Waals surface area contributed by atoms with Gasteiger partial charge < -0.3 is 23.7 Å². The van der Waals surface area contributed by atoms with Crippen LogP contribution in [0, 0.1) is 23.2 Å². The molecule has 4 bridgehead atoms. The summed E-state index contributed by atoms with van der Waals surface area (Å²) in [5.41, 5.74) is 3.99. The Kier molecular flexibility index (Phi) is 14.5. The van der Waals surface area contributed by atoms with Gasteiger partial charge in [-0.15, -0.1) is 0 Å². The molecule has 3 aromatic rings. The van der Waals surface area contributed by atoms with Gasteiger partial charge in [-0.3, -0.25) is 4.90 Å². The molecule has 288 valence electrons.